The van der Waals surface area contributed by atoms with Crippen molar-refractivity contribution >= 4 is 16.6 Å². The molecule has 2 aromatic heterocycles. The molecule has 0 bridgehead atoms. The van der Waals surface area contributed by atoms with Crippen molar-refractivity contribution in [2.24, 2.45) is 0 Å². The number of anilines is 1. The number of pyridine rings is 1. The van der Waals surface area contributed by atoms with Crippen molar-refractivity contribution in [1.82, 2.24) is 15.0 Å². The predicted molar refractivity (Wildman–Crippen MR) is 107 cm³/mol. The average molecular weight is 366 g/mol. The molecule has 0 aliphatic carbocycles. The van der Waals surface area contributed by atoms with Gasteiger partial charge in [0.25, 0.3) is 0 Å². The maximum atomic E-state index is 9.64. The Morgan fingerprint density at radius 1 is 1.19 bits per heavy atom. The van der Waals surface area contributed by atoms with E-state index < -0.39 is 0 Å². The number of nitrogens with one attached hydrogen (secondary N) is 1. The van der Waals surface area contributed by atoms with Crippen LogP contribution in [0.2, 0.25) is 0 Å². The van der Waals surface area contributed by atoms with Crippen molar-refractivity contribution in [3.05, 3.63) is 54.2 Å². The summed E-state index contributed by atoms with van der Waals surface area (Å²) in [5, 5.41) is 15.1. The summed E-state index contributed by atoms with van der Waals surface area (Å²) in [6.45, 7) is 4.34. The maximum Gasteiger partial charge on any atom is 0.180 e. The molecule has 0 saturated heterocycles. The number of hydrogen-bond donors (Lipinski definition) is 2. The second-order valence-corrected chi connectivity index (χ2v) is 6.56. The first kappa shape index (κ1) is 19.0. The molecule has 1 atom stereocenters. The number of aromatic nitrogens is 3. The van der Waals surface area contributed by atoms with Crippen LogP contribution in [0, 0.1) is 6.92 Å². The molecular formula is C21H26N4O2. The fraction of sp³-hybridized carbons (Fsp3) is 0.381. The van der Waals surface area contributed by atoms with Gasteiger partial charge in [-0.25, -0.2) is 9.97 Å². The van der Waals surface area contributed by atoms with Gasteiger partial charge in [0.1, 0.15) is 12.4 Å². The van der Waals surface area contributed by atoms with E-state index in [9.17, 15) is 5.11 Å². The van der Waals surface area contributed by atoms with Crippen LogP contribution in [0.1, 0.15) is 37.7 Å². The summed E-state index contributed by atoms with van der Waals surface area (Å²) in [4.78, 5) is 13.2. The molecule has 0 aliphatic rings. The highest BCUT2D eigenvalue weighted by molar-refractivity contribution is 5.84. The summed E-state index contributed by atoms with van der Waals surface area (Å²) in [5.74, 6) is 1.82. The van der Waals surface area contributed by atoms with Crippen LogP contribution in [-0.2, 0) is 6.61 Å². The van der Waals surface area contributed by atoms with Crippen LogP contribution < -0.4 is 10.1 Å². The van der Waals surface area contributed by atoms with E-state index in [1.165, 1.54) is 0 Å². The summed E-state index contributed by atoms with van der Waals surface area (Å²) >= 11 is 0. The van der Waals surface area contributed by atoms with Gasteiger partial charge in [0.2, 0.25) is 0 Å². The van der Waals surface area contributed by atoms with Crippen LogP contribution in [0.15, 0.2) is 42.7 Å². The van der Waals surface area contributed by atoms with Crippen molar-refractivity contribution in [2.45, 2.75) is 45.8 Å². The van der Waals surface area contributed by atoms with E-state index in [0.717, 1.165) is 35.7 Å². The topological polar surface area (TPSA) is 80.2 Å². The summed E-state index contributed by atoms with van der Waals surface area (Å²) in [5.41, 5.74) is 0.865. The lowest BCUT2D eigenvalue weighted by Gasteiger charge is -2.19. The molecule has 6 nitrogen and oxygen atoms in total. The van der Waals surface area contributed by atoms with Crippen molar-refractivity contribution in [1.29, 1.82) is 0 Å². The number of fused-ring (bicyclic) bond motifs is 1. The van der Waals surface area contributed by atoms with E-state index in [2.05, 4.69) is 33.3 Å². The second-order valence-electron chi connectivity index (χ2n) is 6.56. The minimum absolute atomic E-state index is 0.0490. The molecular weight excluding hydrogens is 340 g/mol. The van der Waals surface area contributed by atoms with Gasteiger partial charge in [-0.05, 0) is 24.8 Å². The largest absolute Gasteiger partial charge is 0.482 e. The zero-order chi connectivity index (χ0) is 19.1. The van der Waals surface area contributed by atoms with Crippen LogP contribution in [0.5, 0.6) is 5.75 Å². The second kappa shape index (κ2) is 9.28. The lowest BCUT2D eigenvalue weighted by Crippen LogP contribution is -2.25. The molecule has 0 amide bonds. The molecule has 0 radical (unpaired) electrons. The Labute approximate surface area is 159 Å². The molecule has 3 rings (SSSR count). The van der Waals surface area contributed by atoms with E-state index in [-0.39, 0.29) is 12.6 Å². The highest BCUT2D eigenvalue weighted by Gasteiger charge is 2.14. The van der Waals surface area contributed by atoms with Crippen LogP contribution in [0.25, 0.3) is 10.8 Å². The Bertz CT molecular complexity index is 880. The predicted octanol–water partition coefficient (Wildman–Crippen LogP) is 3.88. The van der Waals surface area contributed by atoms with Crippen molar-refractivity contribution in [3.8, 4) is 5.75 Å². The Kier molecular flexibility index (Phi) is 6.54. The Morgan fingerprint density at radius 2 is 2.04 bits per heavy atom. The van der Waals surface area contributed by atoms with Crippen molar-refractivity contribution in [2.75, 3.05) is 11.9 Å². The zero-order valence-corrected chi connectivity index (χ0v) is 15.9. The quantitative estimate of drug-likeness (QED) is 0.598. The highest BCUT2D eigenvalue weighted by atomic mass is 16.5. The molecule has 0 saturated carbocycles. The fourth-order valence-corrected chi connectivity index (χ4v) is 2.96. The number of ether oxygens (including phenoxy) is 1. The van der Waals surface area contributed by atoms with Crippen LogP contribution >= 0.6 is 0 Å². The zero-order valence-electron chi connectivity index (χ0n) is 15.9. The molecule has 0 fully saturated rings. The maximum absolute atomic E-state index is 9.64. The molecule has 3 aromatic rings. The van der Waals surface area contributed by atoms with Gasteiger partial charge in [0.15, 0.2) is 11.6 Å². The summed E-state index contributed by atoms with van der Waals surface area (Å²) in [6.07, 6.45) is 6.46. The lowest BCUT2D eigenvalue weighted by molar-refractivity contribution is 0.265. The Hall–Kier alpha value is -2.73. The molecule has 6 heteroatoms. The number of aliphatic hydroxyl groups excluding tert-OH is 1. The van der Waals surface area contributed by atoms with E-state index >= 15 is 0 Å². The number of benzene rings is 1. The summed E-state index contributed by atoms with van der Waals surface area (Å²) < 4.78 is 6.00. The fourth-order valence-electron chi connectivity index (χ4n) is 2.96. The van der Waals surface area contributed by atoms with Gasteiger partial charge < -0.3 is 15.2 Å². The van der Waals surface area contributed by atoms with E-state index in [0.29, 0.717) is 24.0 Å². The van der Waals surface area contributed by atoms with E-state index in [1.807, 2.05) is 31.2 Å². The first-order valence-electron chi connectivity index (χ1n) is 9.37. The normalized spacial score (nSPS) is 12.1. The van der Waals surface area contributed by atoms with Gasteiger partial charge in [-0.3, -0.25) is 4.98 Å². The van der Waals surface area contributed by atoms with Gasteiger partial charge in [-0.2, -0.15) is 0 Å². The Morgan fingerprint density at radius 3 is 2.85 bits per heavy atom. The first-order chi connectivity index (χ1) is 13.2. The number of aryl methyl sites for hydroxylation is 1. The molecule has 2 heterocycles. The van der Waals surface area contributed by atoms with Gasteiger partial charge in [0.05, 0.1) is 24.5 Å². The smallest absolute Gasteiger partial charge is 0.180 e. The third kappa shape index (κ3) is 4.92. The number of rotatable bonds is 9. The van der Waals surface area contributed by atoms with E-state index in [1.54, 1.807) is 12.4 Å². The minimum atomic E-state index is -0.0581. The van der Waals surface area contributed by atoms with Gasteiger partial charge in [0, 0.05) is 11.6 Å². The number of nitrogens with zero attached hydrogens (tertiary/aromatic N) is 3. The van der Waals surface area contributed by atoms with Gasteiger partial charge in [-0.1, -0.05) is 44.0 Å². The SMILES string of the molecule is CCCC[C@@H](CO)Nc1nc(C)ncc1OCc1nccc2ccccc12. The molecule has 1 aromatic carbocycles. The molecule has 0 aliphatic heterocycles. The van der Waals surface area contributed by atoms with Crippen LogP contribution in [-0.4, -0.2) is 32.7 Å². The third-order valence-electron chi connectivity index (χ3n) is 4.46. The van der Waals surface area contributed by atoms with Crippen LogP contribution in [0.4, 0.5) is 5.82 Å². The van der Waals surface area contributed by atoms with Gasteiger partial charge >= 0.3 is 0 Å². The first-order valence-corrected chi connectivity index (χ1v) is 9.37. The third-order valence-corrected chi connectivity index (χ3v) is 4.46. The minimum Gasteiger partial charge on any atom is -0.482 e. The number of unbranched alkanes of at least 4 members (excludes halogenated alkanes) is 1. The van der Waals surface area contributed by atoms with E-state index in [4.69, 9.17) is 4.74 Å². The van der Waals surface area contributed by atoms with Crippen molar-refractivity contribution in [3.63, 3.8) is 0 Å². The molecule has 142 valence electrons. The lowest BCUT2D eigenvalue weighted by atomic mass is 10.1. The monoisotopic (exact) mass is 366 g/mol. The van der Waals surface area contributed by atoms with Gasteiger partial charge in [-0.15, -0.1) is 0 Å². The highest BCUT2D eigenvalue weighted by Crippen LogP contribution is 2.25. The molecule has 27 heavy (non-hydrogen) atoms. The number of hydrogen-bond acceptors (Lipinski definition) is 6. The Balaban J connectivity index is 1.78. The number of aliphatic hydroxyl groups is 1. The molecule has 2 N–H and O–H groups in total. The summed E-state index contributed by atoms with van der Waals surface area (Å²) in [6, 6.07) is 10.0. The average Bonchev–Trinajstić information content (AvgIpc) is 2.70. The standard InChI is InChI=1S/C21H26N4O2/c1-3-4-8-17(13-26)25-21-20(12-23-15(2)24-21)27-14-19-18-9-6-5-7-16(18)10-11-22-19/h5-7,9-12,17,26H,3-4,8,13-14H2,1-2H3,(H,23,24,25)/t17-/m0/s1. The van der Waals surface area contributed by atoms with Crippen molar-refractivity contribution < 1.29 is 9.84 Å². The molecule has 0 spiro atoms. The van der Waals surface area contributed by atoms with Crippen LogP contribution in [0.3, 0.4) is 0 Å². The summed E-state index contributed by atoms with van der Waals surface area (Å²) in [7, 11) is 0. The molecule has 0 unspecified atom stereocenters.